The van der Waals surface area contributed by atoms with Gasteiger partial charge in [-0.3, -0.25) is 18.6 Å². The van der Waals surface area contributed by atoms with Gasteiger partial charge in [0.1, 0.15) is 6.61 Å². The zero-order valence-electron chi connectivity index (χ0n) is 31.4. The quantitative estimate of drug-likeness (QED) is 0.0295. The fourth-order valence-electron chi connectivity index (χ4n) is 5.62. The Morgan fingerprint density at radius 2 is 0.938 bits per heavy atom. The van der Waals surface area contributed by atoms with Gasteiger partial charge in [0.2, 0.25) is 0 Å². The molecule has 0 aliphatic rings. The molecule has 1 N–H and O–H groups in total. The predicted molar refractivity (Wildman–Crippen MR) is 198 cm³/mol. The number of hydrogen-bond acceptors (Lipinski definition) is 7. The van der Waals surface area contributed by atoms with Gasteiger partial charge in [-0.1, -0.05) is 154 Å². The van der Waals surface area contributed by atoms with Crippen molar-refractivity contribution in [1.82, 2.24) is 0 Å². The topological polar surface area (TPSA) is 108 Å². The smallest absolute Gasteiger partial charge is 0.462 e. The van der Waals surface area contributed by atoms with Gasteiger partial charge in [0.15, 0.2) is 6.10 Å². The van der Waals surface area contributed by atoms with Crippen LogP contribution in [0, 0.1) is 0 Å². The van der Waals surface area contributed by atoms with Crippen LogP contribution in [0.2, 0.25) is 0 Å². The molecule has 2 unspecified atom stereocenters. The Hall–Kier alpha value is -1.21. The lowest BCUT2D eigenvalue weighted by Crippen LogP contribution is -2.29. The Labute approximate surface area is 295 Å². The largest absolute Gasteiger partial charge is 0.472 e. The second kappa shape index (κ2) is 35.6. The van der Waals surface area contributed by atoms with E-state index >= 15 is 0 Å². The first-order chi connectivity index (χ1) is 23.3. The summed E-state index contributed by atoms with van der Waals surface area (Å²) in [6.07, 6.45) is 35.5. The van der Waals surface area contributed by atoms with Gasteiger partial charge in [0, 0.05) is 12.8 Å². The average Bonchev–Trinajstić information content (AvgIpc) is 3.06. The maximum Gasteiger partial charge on any atom is 0.472 e. The molecule has 9 heteroatoms. The highest BCUT2D eigenvalue weighted by Gasteiger charge is 2.25. The second-order valence-corrected chi connectivity index (χ2v) is 14.8. The minimum atomic E-state index is -4.27. The molecule has 2 atom stereocenters. The molecule has 0 radical (unpaired) electrons. The normalized spacial score (nSPS) is 13.5. The third kappa shape index (κ3) is 34.6. The SMILES string of the molecule is CCCCCCCC/C=C\CCCCCCCCCC(=O)OC(COC(=O)CCCCCCCCCCCCC)COP(=O)(O)OCC. The van der Waals surface area contributed by atoms with Crippen molar-refractivity contribution in [2.45, 2.75) is 207 Å². The highest BCUT2D eigenvalue weighted by atomic mass is 31.2. The summed E-state index contributed by atoms with van der Waals surface area (Å²) >= 11 is 0. The third-order valence-electron chi connectivity index (χ3n) is 8.57. The van der Waals surface area contributed by atoms with Gasteiger partial charge in [-0.15, -0.1) is 0 Å². The van der Waals surface area contributed by atoms with Crippen LogP contribution in [0.25, 0.3) is 0 Å². The summed E-state index contributed by atoms with van der Waals surface area (Å²) in [5.41, 5.74) is 0. The number of ether oxygens (including phenoxy) is 2. The zero-order valence-corrected chi connectivity index (χ0v) is 32.3. The van der Waals surface area contributed by atoms with Crippen LogP contribution in [-0.4, -0.2) is 42.8 Å². The van der Waals surface area contributed by atoms with E-state index in [0.29, 0.717) is 12.8 Å². The number of unbranched alkanes of at least 4 members (excludes halogenated alkanes) is 23. The Morgan fingerprint density at radius 3 is 1.38 bits per heavy atom. The molecule has 0 aliphatic heterocycles. The number of phosphoric acid groups is 1. The van der Waals surface area contributed by atoms with E-state index in [2.05, 4.69) is 26.0 Å². The van der Waals surface area contributed by atoms with Crippen molar-refractivity contribution in [1.29, 1.82) is 0 Å². The standard InChI is InChI=1S/C39H75O8P/c1-4-7-9-11-13-15-17-18-19-20-21-22-24-26-28-30-32-34-39(41)47-37(36-46-48(42,43)45-6-3)35-44-38(40)33-31-29-27-25-23-16-14-12-10-8-5-2/h18-19,37H,4-17,20-36H2,1-3H3,(H,42,43)/b19-18-. The molecule has 48 heavy (non-hydrogen) atoms. The maximum atomic E-state index is 12.5. The van der Waals surface area contributed by atoms with Crippen LogP contribution in [0.4, 0.5) is 0 Å². The Bertz CT molecular complexity index is 803. The lowest BCUT2D eigenvalue weighted by atomic mass is 10.1. The molecule has 0 aliphatic carbocycles. The summed E-state index contributed by atoms with van der Waals surface area (Å²) in [6.45, 7) is 5.46. The molecule has 0 rings (SSSR count). The maximum absolute atomic E-state index is 12.5. The van der Waals surface area contributed by atoms with Crippen LogP contribution >= 0.6 is 7.82 Å². The number of carbonyl (C=O) groups is 2. The summed E-state index contributed by atoms with van der Waals surface area (Å²) in [5, 5.41) is 0. The van der Waals surface area contributed by atoms with Crippen molar-refractivity contribution < 1.29 is 37.6 Å². The number of hydrogen-bond donors (Lipinski definition) is 1. The summed E-state index contributed by atoms with van der Waals surface area (Å²) in [4.78, 5) is 34.6. The first kappa shape index (κ1) is 46.8. The molecule has 0 heterocycles. The number of rotatable bonds is 37. The molecule has 0 aromatic rings. The highest BCUT2D eigenvalue weighted by molar-refractivity contribution is 7.47. The van der Waals surface area contributed by atoms with Crippen LogP contribution in [0.3, 0.4) is 0 Å². The molecule has 0 fully saturated rings. The average molecular weight is 703 g/mol. The van der Waals surface area contributed by atoms with Gasteiger partial charge in [-0.2, -0.15) is 0 Å². The summed E-state index contributed by atoms with van der Waals surface area (Å²) in [5.74, 6) is -0.796. The van der Waals surface area contributed by atoms with E-state index in [0.717, 1.165) is 44.9 Å². The summed E-state index contributed by atoms with van der Waals surface area (Å²) in [6, 6.07) is 0. The fourth-order valence-corrected chi connectivity index (χ4v) is 6.38. The van der Waals surface area contributed by atoms with Gasteiger partial charge in [0.05, 0.1) is 13.2 Å². The summed E-state index contributed by atoms with van der Waals surface area (Å²) in [7, 11) is -4.27. The van der Waals surface area contributed by atoms with Gasteiger partial charge >= 0.3 is 19.8 Å². The number of allylic oxidation sites excluding steroid dienone is 2. The molecule has 284 valence electrons. The fraction of sp³-hybridized carbons (Fsp3) is 0.897. The van der Waals surface area contributed by atoms with Crippen LogP contribution in [0.5, 0.6) is 0 Å². The van der Waals surface area contributed by atoms with Crippen LogP contribution < -0.4 is 0 Å². The Balaban J connectivity index is 4.10. The van der Waals surface area contributed by atoms with E-state index in [-0.39, 0.29) is 32.2 Å². The lowest BCUT2D eigenvalue weighted by molar-refractivity contribution is -0.161. The minimum absolute atomic E-state index is 0.00251. The Kier molecular flexibility index (Phi) is 34.7. The van der Waals surface area contributed by atoms with Crippen LogP contribution in [0.1, 0.15) is 201 Å². The number of phosphoric ester groups is 1. The zero-order chi connectivity index (χ0) is 35.4. The van der Waals surface area contributed by atoms with E-state index < -0.39 is 19.9 Å². The molecule has 0 aromatic carbocycles. The van der Waals surface area contributed by atoms with E-state index in [1.807, 2.05) is 0 Å². The molecule has 8 nitrogen and oxygen atoms in total. The van der Waals surface area contributed by atoms with E-state index in [9.17, 15) is 19.0 Å². The lowest BCUT2D eigenvalue weighted by Gasteiger charge is -2.19. The number of esters is 2. The molecule has 0 saturated heterocycles. The highest BCUT2D eigenvalue weighted by Crippen LogP contribution is 2.43. The van der Waals surface area contributed by atoms with Gasteiger partial charge < -0.3 is 14.4 Å². The van der Waals surface area contributed by atoms with Crippen molar-refractivity contribution in [2.75, 3.05) is 19.8 Å². The van der Waals surface area contributed by atoms with Gasteiger partial charge in [-0.05, 0) is 45.4 Å². The van der Waals surface area contributed by atoms with Crippen molar-refractivity contribution in [3.05, 3.63) is 12.2 Å². The first-order valence-corrected chi connectivity index (χ1v) is 21.5. The van der Waals surface area contributed by atoms with Crippen molar-refractivity contribution in [3.63, 3.8) is 0 Å². The van der Waals surface area contributed by atoms with Gasteiger partial charge in [0.25, 0.3) is 0 Å². The molecule has 0 aromatic heterocycles. The second-order valence-electron chi connectivity index (χ2n) is 13.3. The Morgan fingerprint density at radius 1 is 0.542 bits per heavy atom. The summed E-state index contributed by atoms with van der Waals surface area (Å²) < 4.78 is 32.5. The van der Waals surface area contributed by atoms with Crippen molar-refractivity contribution in [2.24, 2.45) is 0 Å². The van der Waals surface area contributed by atoms with E-state index in [1.54, 1.807) is 6.92 Å². The first-order valence-electron chi connectivity index (χ1n) is 20.0. The van der Waals surface area contributed by atoms with Gasteiger partial charge in [-0.25, -0.2) is 4.57 Å². The molecule has 0 bridgehead atoms. The van der Waals surface area contributed by atoms with E-state index in [4.69, 9.17) is 18.5 Å². The molecular formula is C39H75O8P. The molecular weight excluding hydrogens is 627 g/mol. The third-order valence-corrected chi connectivity index (χ3v) is 9.63. The van der Waals surface area contributed by atoms with Crippen molar-refractivity contribution in [3.8, 4) is 0 Å². The molecule has 0 amide bonds. The predicted octanol–water partition coefficient (Wildman–Crippen LogP) is 12.1. The monoisotopic (exact) mass is 703 g/mol. The van der Waals surface area contributed by atoms with E-state index in [1.165, 1.54) is 116 Å². The molecule has 0 spiro atoms. The van der Waals surface area contributed by atoms with Crippen LogP contribution in [-0.2, 0) is 32.7 Å². The van der Waals surface area contributed by atoms with Crippen molar-refractivity contribution >= 4 is 19.8 Å². The van der Waals surface area contributed by atoms with Crippen LogP contribution in [0.15, 0.2) is 12.2 Å². The minimum Gasteiger partial charge on any atom is -0.462 e. The number of carbonyl (C=O) groups excluding carboxylic acids is 2. The molecule has 0 saturated carbocycles.